The molecule has 3 amide bonds. The van der Waals surface area contributed by atoms with Crippen LogP contribution >= 0.6 is 0 Å². The van der Waals surface area contributed by atoms with Gasteiger partial charge in [0.25, 0.3) is 0 Å². The molecule has 0 spiro atoms. The zero-order valence-electron chi connectivity index (χ0n) is 16.5. The van der Waals surface area contributed by atoms with E-state index in [0.717, 1.165) is 29.7 Å². The Bertz CT molecular complexity index is 798. The summed E-state index contributed by atoms with van der Waals surface area (Å²) in [5, 5.41) is 9.31. The van der Waals surface area contributed by atoms with Crippen LogP contribution in [0.1, 0.15) is 43.2 Å². The third kappa shape index (κ3) is 5.58. The molecule has 1 heterocycles. The number of hydrogen-bond donors (Lipinski definition) is 2. The van der Waals surface area contributed by atoms with E-state index in [1.165, 1.54) is 25.5 Å². The second kappa shape index (κ2) is 9.39. The quantitative estimate of drug-likeness (QED) is 0.775. The van der Waals surface area contributed by atoms with Crippen molar-refractivity contribution < 1.29 is 14.1 Å². The van der Waals surface area contributed by atoms with Crippen LogP contribution in [0.3, 0.4) is 0 Å². The number of anilines is 2. The lowest BCUT2D eigenvalue weighted by molar-refractivity contribution is -0.116. The maximum atomic E-state index is 13.0. The Hall–Kier alpha value is -2.83. The Morgan fingerprint density at radius 1 is 1.14 bits per heavy atom. The average Bonchev–Trinajstić information content (AvgIpc) is 3.17. The van der Waals surface area contributed by atoms with Crippen LogP contribution in [0.4, 0.5) is 16.3 Å². The fourth-order valence-electron chi connectivity index (χ4n) is 3.68. The van der Waals surface area contributed by atoms with Gasteiger partial charge in [-0.1, -0.05) is 42.1 Å². The normalized spacial score (nSPS) is 14.5. The SMILES string of the molecule is Cc1ccc(NC(=O)N(CC(=O)Nc2ccon2)CC2CCCCC2)c(C)c1. The second-order valence-corrected chi connectivity index (χ2v) is 7.57. The maximum absolute atomic E-state index is 13.0. The zero-order chi connectivity index (χ0) is 19.9. The van der Waals surface area contributed by atoms with Gasteiger partial charge in [0.15, 0.2) is 5.82 Å². The van der Waals surface area contributed by atoms with Crippen LogP contribution in [0.15, 0.2) is 35.1 Å². The Labute approximate surface area is 165 Å². The molecule has 2 aromatic rings. The first-order valence-electron chi connectivity index (χ1n) is 9.84. The van der Waals surface area contributed by atoms with Gasteiger partial charge in [-0.2, -0.15) is 0 Å². The number of rotatable bonds is 6. The summed E-state index contributed by atoms with van der Waals surface area (Å²) < 4.78 is 4.73. The average molecular weight is 384 g/mol. The Balaban J connectivity index is 1.68. The topological polar surface area (TPSA) is 87.5 Å². The number of hydrogen-bond acceptors (Lipinski definition) is 4. The molecular formula is C21H28N4O3. The van der Waals surface area contributed by atoms with Gasteiger partial charge in [-0.15, -0.1) is 0 Å². The molecule has 0 bridgehead atoms. The van der Waals surface area contributed by atoms with Gasteiger partial charge in [0.1, 0.15) is 12.8 Å². The molecule has 7 heteroatoms. The highest BCUT2D eigenvalue weighted by Crippen LogP contribution is 2.25. The first kappa shape index (κ1) is 19.9. The van der Waals surface area contributed by atoms with Gasteiger partial charge in [0, 0.05) is 18.3 Å². The minimum atomic E-state index is -0.291. The number of amides is 3. The largest absolute Gasteiger partial charge is 0.363 e. The molecule has 150 valence electrons. The van der Waals surface area contributed by atoms with Crippen LogP contribution in [0, 0.1) is 19.8 Å². The summed E-state index contributed by atoms with van der Waals surface area (Å²) in [6.45, 7) is 4.52. The molecule has 28 heavy (non-hydrogen) atoms. The van der Waals surface area contributed by atoms with Gasteiger partial charge in [-0.3, -0.25) is 4.79 Å². The standard InChI is InChI=1S/C21H28N4O3/c1-15-8-9-18(16(2)12-15)22-21(27)25(13-17-6-4-3-5-7-17)14-20(26)23-19-10-11-28-24-19/h8-12,17H,3-7,13-14H2,1-2H3,(H,22,27)(H,23,24,26). The lowest BCUT2D eigenvalue weighted by Crippen LogP contribution is -2.43. The van der Waals surface area contributed by atoms with Crippen molar-refractivity contribution in [2.75, 3.05) is 23.7 Å². The lowest BCUT2D eigenvalue weighted by atomic mass is 9.89. The Morgan fingerprint density at radius 2 is 1.93 bits per heavy atom. The maximum Gasteiger partial charge on any atom is 0.322 e. The molecule has 0 radical (unpaired) electrons. The smallest absolute Gasteiger partial charge is 0.322 e. The van der Waals surface area contributed by atoms with E-state index in [0.29, 0.717) is 18.3 Å². The third-order valence-corrected chi connectivity index (χ3v) is 5.15. The summed E-state index contributed by atoms with van der Waals surface area (Å²) in [4.78, 5) is 27.0. The molecule has 0 unspecified atom stereocenters. The van der Waals surface area contributed by atoms with Gasteiger partial charge in [-0.25, -0.2) is 4.79 Å². The number of carbonyl (C=O) groups is 2. The van der Waals surface area contributed by atoms with Crippen LogP contribution in [0.5, 0.6) is 0 Å². The minimum Gasteiger partial charge on any atom is -0.363 e. The monoisotopic (exact) mass is 384 g/mol. The molecule has 0 saturated heterocycles. The summed E-state index contributed by atoms with van der Waals surface area (Å²) in [6, 6.07) is 7.20. The number of aryl methyl sites for hydroxylation is 2. The molecule has 1 aromatic heterocycles. The number of nitrogens with zero attached hydrogens (tertiary/aromatic N) is 2. The van der Waals surface area contributed by atoms with E-state index in [9.17, 15) is 9.59 Å². The molecule has 0 atom stereocenters. The fourth-order valence-corrected chi connectivity index (χ4v) is 3.68. The van der Waals surface area contributed by atoms with Gasteiger partial charge in [0.05, 0.1) is 0 Å². The van der Waals surface area contributed by atoms with E-state index in [4.69, 9.17) is 4.52 Å². The number of aromatic nitrogens is 1. The molecule has 1 fully saturated rings. The van der Waals surface area contributed by atoms with Gasteiger partial charge in [-0.05, 0) is 44.2 Å². The summed E-state index contributed by atoms with van der Waals surface area (Å²) in [6.07, 6.45) is 7.20. The van der Waals surface area contributed by atoms with E-state index >= 15 is 0 Å². The van der Waals surface area contributed by atoms with Crippen molar-refractivity contribution in [3.05, 3.63) is 41.7 Å². The Morgan fingerprint density at radius 3 is 2.61 bits per heavy atom. The molecule has 1 aliphatic carbocycles. The van der Waals surface area contributed by atoms with Crippen molar-refractivity contribution in [1.29, 1.82) is 0 Å². The highest BCUT2D eigenvalue weighted by Gasteiger charge is 2.23. The highest BCUT2D eigenvalue weighted by molar-refractivity contribution is 5.96. The van der Waals surface area contributed by atoms with Crippen molar-refractivity contribution in [2.24, 2.45) is 5.92 Å². The van der Waals surface area contributed by atoms with Crippen LogP contribution in [0.2, 0.25) is 0 Å². The van der Waals surface area contributed by atoms with Crippen molar-refractivity contribution in [3.8, 4) is 0 Å². The van der Waals surface area contributed by atoms with Crippen LogP contribution in [-0.2, 0) is 4.79 Å². The molecule has 1 saturated carbocycles. The number of benzene rings is 1. The van der Waals surface area contributed by atoms with Gasteiger partial charge < -0.3 is 20.1 Å². The summed E-state index contributed by atoms with van der Waals surface area (Å²) in [5.74, 6) is 0.483. The lowest BCUT2D eigenvalue weighted by Gasteiger charge is -2.29. The molecular weight excluding hydrogens is 356 g/mol. The predicted molar refractivity (Wildman–Crippen MR) is 108 cm³/mol. The van der Waals surface area contributed by atoms with E-state index in [1.54, 1.807) is 11.0 Å². The predicted octanol–water partition coefficient (Wildman–Crippen LogP) is 4.34. The zero-order valence-corrected chi connectivity index (χ0v) is 16.5. The van der Waals surface area contributed by atoms with Crippen molar-refractivity contribution >= 4 is 23.4 Å². The molecule has 7 nitrogen and oxygen atoms in total. The van der Waals surface area contributed by atoms with E-state index < -0.39 is 0 Å². The third-order valence-electron chi connectivity index (χ3n) is 5.15. The fraction of sp³-hybridized carbons (Fsp3) is 0.476. The summed E-state index contributed by atoms with van der Waals surface area (Å²) in [5.41, 5.74) is 2.90. The molecule has 0 aliphatic heterocycles. The molecule has 1 aliphatic rings. The highest BCUT2D eigenvalue weighted by atomic mass is 16.5. The first-order valence-corrected chi connectivity index (χ1v) is 9.84. The summed E-state index contributed by atoms with van der Waals surface area (Å²) in [7, 11) is 0. The first-order chi connectivity index (χ1) is 13.5. The minimum absolute atomic E-state index is 0.0277. The second-order valence-electron chi connectivity index (χ2n) is 7.57. The van der Waals surface area contributed by atoms with Gasteiger partial charge in [0.2, 0.25) is 5.91 Å². The van der Waals surface area contributed by atoms with Crippen molar-refractivity contribution in [2.45, 2.75) is 46.0 Å². The summed E-state index contributed by atoms with van der Waals surface area (Å²) >= 11 is 0. The van der Waals surface area contributed by atoms with Crippen molar-refractivity contribution in [3.63, 3.8) is 0 Å². The molecule has 2 N–H and O–H groups in total. The van der Waals surface area contributed by atoms with E-state index in [1.807, 2.05) is 32.0 Å². The van der Waals surface area contributed by atoms with Crippen molar-refractivity contribution in [1.82, 2.24) is 10.1 Å². The Kier molecular flexibility index (Phi) is 6.68. The number of carbonyl (C=O) groups excluding carboxylic acids is 2. The molecule has 3 rings (SSSR count). The molecule has 1 aromatic carbocycles. The van der Waals surface area contributed by atoms with Gasteiger partial charge >= 0.3 is 6.03 Å². The van der Waals surface area contributed by atoms with E-state index in [2.05, 4.69) is 15.8 Å². The van der Waals surface area contributed by atoms with Crippen LogP contribution < -0.4 is 10.6 Å². The van der Waals surface area contributed by atoms with Crippen LogP contribution in [0.25, 0.3) is 0 Å². The van der Waals surface area contributed by atoms with Crippen LogP contribution in [-0.4, -0.2) is 35.1 Å². The van der Waals surface area contributed by atoms with E-state index in [-0.39, 0.29) is 18.5 Å². The number of nitrogens with one attached hydrogen (secondary N) is 2. The number of urea groups is 1.